The smallest absolute Gasteiger partial charge is 0.195 e. The molecule has 1 aromatic rings. The van der Waals surface area contributed by atoms with E-state index in [2.05, 4.69) is 68.3 Å². The first kappa shape index (κ1) is 19.3. The fourth-order valence-corrected chi connectivity index (χ4v) is 3.30. The number of aliphatic imine (C=N–C) groups is 1. The molecule has 1 fully saturated rings. The van der Waals surface area contributed by atoms with Crippen LogP contribution in [0.1, 0.15) is 37.2 Å². The third-order valence-corrected chi connectivity index (χ3v) is 4.41. The van der Waals surface area contributed by atoms with Gasteiger partial charge in [0.05, 0.1) is 0 Å². The molecule has 4 heteroatoms. The summed E-state index contributed by atoms with van der Waals surface area (Å²) in [4.78, 5) is 9.00. The molecule has 0 saturated heterocycles. The van der Waals surface area contributed by atoms with Gasteiger partial charge in [0, 0.05) is 34.7 Å². The van der Waals surface area contributed by atoms with Crippen molar-refractivity contribution in [2.24, 2.45) is 10.9 Å². The third kappa shape index (κ3) is 5.45. The summed E-state index contributed by atoms with van der Waals surface area (Å²) in [5.74, 6) is 2.58. The van der Waals surface area contributed by atoms with Crippen molar-refractivity contribution < 1.29 is 0 Å². The van der Waals surface area contributed by atoms with Gasteiger partial charge in [0.15, 0.2) is 5.96 Å². The second-order valence-corrected chi connectivity index (χ2v) is 6.56. The molecule has 0 amide bonds. The lowest BCUT2D eigenvalue weighted by molar-refractivity contribution is 0.330. The summed E-state index contributed by atoms with van der Waals surface area (Å²) in [6.07, 6.45) is 5.22. The molecule has 0 heterocycles. The zero-order chi connectivity index (χ0) is 15.2. The fraction of sp³-hybridized carbons (Fsp3) is 0.611. The number of hydrogen-bond acceptors (Lipinski definition) is 1. The van der Waals surface area contributed by atoms with Crippen molar-refractivity contribution in [2.45, 2.75) is 31.6 Å². The number of benzene rings is 1. The molecule has 3 nitrogen and oxygen atoms in total. The van der Waals surface area contributed by atoms with Gasteiger partial charge in [-0.1, -0.05) is 30.3 Å². The summed E-state index contributed by atoms with van der Waals surface area (Å²) in [7, 11) is 8.24. The maximum atomic E-state index is 4.81. The Bertz CT molecular complexity index is 439. The lowest BCUT2D eigenvalue weighted by atomic mass is 9.79. The maximum Gasteiger partial charge on any atom is 0.195 e. The molecule has 124 valence electrons. The van der Waals surface area contributed by atoms with Crippen LogP contribution in [0.15, 0.2) is 35.3 Å². The second kappa shape index (κ2) is 9.38. The Hall–Kier alpha value is -0.780. The van der Waals surface area contributed by atoms with E-state index in [1.165, 1.54) is 31.2 Å². The maximum absolute atomic E-state index is 4.81. The lowest BCUT2D eigenvalue weighted by Gasteiger charge is -2.29. The summed E-state index contributed by atoms with van der Waals surface area (Å²) < 4.78 is 0. The van der Waals surface area contributed by atoms with E-state index in [0.717, 1.165) is 24.3 Å². The zero-order valence-corrected chi connectivity index (χ0v) is 16.7. The zero-order valence-electron chi connectivity index (χ0n) is 14.3. The molecule has 0 spiro atoms. The highest BCUT2D eigenvalue weighted by atomic mass is 127. The Morgan fingerprint density at radius 3 is 2.00 bits per heavy atom. The minimum absolute atomic E-state index is 0. The molecule has 1 aliphatic rings. The fourth-order valence-electron chi connectivity index (χ4n) is 3.30. The van der Waals surface area contributed by atoms with Crippen LogP contribution in [0.25, 0.3) is 0 Å². The Morgan fingerprint density at radius 2 is 1.50 bits per heavy atom. The van der Waals surface area contributed by atoms with Crippen LogP contribution in [0.2, 0.25) is 0 Å². The van der Waals surface area contributed by atoms with Crippen LogP contribution < -0.4 is 0 Å². The van der Waals surface area contributed by atoms with Crippen molar-refractivity contribution in [1.82, 2.24) is 9.80 Å². The number of halogens is 1. The third-order valence-electron chi connectivity index (χ3n) is 4.41. The van der Waals surface area contributed by atoms with Gasteiger partial charge in [-0.15, -0.1) is 24.0 Å². The van der Waals surface area contributed by atoms with Crippen LogP contribution in [0, 0.1) is 5.92 Å². The van der Waals surface area contributed by atoms with E-state index < -0.39 is 0 Å². The van der Waals surface area contributed by atoms with Gasteiger partial charge in [-0.05, 0) is 43.1 Å². The average molecular weight is 415 g/mol. The number of guanidine groups is 1. The first-order chi connectivity index (χ1) is 10.1. The van der Waals surface area contributed by atoms with E-state index in [9.17, 15) is 0 Å². The molecule has 0 atom stereocenters. The van der Waals surface area contributed by atoms with E-state index in [-0.39, 0.29) is 24.0 Å². The van der Waals surface area contributed by atoms with Crippen LogP contribution in [-0.4, -0.2) is 50.5 Å². The molecule has 0 aliphatic heterocycles. The monoisotopic (exact) mass is 415 g/mol. The topological polar surface area (TPSA) is 18.8 Å². The van der Waals surface area contributed by atoms with Crippen LogP contribution in [0.4, 0.5) is 0 Å². The van der Waals surface area contributed by atoms with Crippen molar-refractivity contribution >= 4 is 29.9 Å². The summed E-state index contributed by atoms with van der Waals surface area (Å²) in [6.45, 7) is 0.965. The predicted octanol–water partition coefficient (Wildman–Crippen LogP) is 4.06. The molecule has 1 aromatic carbocycles. The van der Waals surface area contributed by atoms with Gasteiger partial charge in [-0.3, -0.25) is 4.99 Å². The first-order valence-corrected chi connectivity index (χ1v) is 8.02. The number of nitrogens with zero attached hydrogens (tertiary/aromatic N) is 3. The van der Waals surface area contributed by atoms with E-state index >= 15 is 0 Å². The van der Waals surface area contributed by atoms with E-state index in [0.29, 0.717) is 0 Å². The van der Waals surface area contributed by atoms with Gasteiger partial charge >= 0.3 is 0 Å². The number of rotatable bonds is 3. The van der Waals surface area contributed by atoms with Gasteiger partial charge in [0.2, 0.25) is 0 Å². The van der Waals surface area contributed by atoms with Gasteiger partial charge in [-0.2, -0.15) is 0 Å². The van der Waals surface area contributed by atoms with E-state index in [4.69, 9.17) is 4.99 Å². The van der Waals surface area contributed by atoms with Crippen molar-refractivity contribution in [3.63, 3.8) is 0 Å². The molecule has 0 bridgehead atoms. The molecule has 22 heavy (non-hydrogen) atoms. The standard InChI is InChI=1S/C18H29N3.HI/c1-20(2)18(21(3)4)19-14-15-10-12-17(13-11-15)16-8-6-5-7-9-16;/h5-9,15,17H,10-14H2,1-4H3;1H. The largest absolute Gasteiger partial charge is 0.349 e. The lowest BCUT2D eigenvalue weighted by Crippen LogP contribution is -2.36. The Labute approximate surface area is 152 Å². The SMILES string of the molecule is CN(C)C(=NCC1CCC(c2ccccc2)CC1)N(C)C.I. The predicted molar refractivity (Wildman–Crippen MR) is 106 cm³/mol. The molecule has 2 rings (SSSR count). The highest BCUT2D eigenvalue weighted by molar-refractivity contribution is 14.0. The van der Waals surface area contributed by atoms with Crippen LogP contribution in [0.5, 0.6) is 0 Å². The molecular weight excluding hydrogens is 385 g/mol. The summed E-state index contributed by atoms with van der Waals surface area (Å²) in [5, 5.41) is 0. The summed E-state index contributed by atoms with van der Waals surface area (Å²) >= 11 is 0. The van der Waals surface area contributed by atoms with Crippen LogP contribution in [0.3, 0.4) is 0 Å². The molecule has 1 aliphatic carbocycles. The highest BCUT2D eigenvalue weighted by Gasteiger charge is 2.22. The highest BCUT2D eigenvalue weighted by Crippen LogP contribution is 2.35. The molecule has 0 radical (unpaired) electrons. The van der Waals surface area contributed by atoms with Crippen LogP contribution >= 0.6 is 24.0 Å². The second-order valence-electron chi connectivity index (χ2n) is 6.56. The van der Waals surface area contributed by atoms with Gasteiger partial charge in [0.1, 0.15) is 0 Å². The van der Waals surface area contributed by atoms with E-state index in [1.807, 2.05) is 0 Å². The number of hydrogen-bond donors (Lipinski definition) is 0. The van der Waals surface area contributed by atoms with Gasteiger partial charge in [0.25, 0.3) is 0 Å². The minimum atomic E-state index is 0. The van der Waals surface area contributed by atoms with Crippen molar-refractivity contribution in [2.75, 3.05) is 34.7 Å². The van der Waals surface area contributed by atoms with Gasteiger partial charge < -0.3 is 9.80 Å². The molecule has 1 saturated carbocycles. The van der Waals surface area contributed by atoms with Crippen molar-refractivity contribution in [3.05, 3.63) is 35.9 Å². The Balaban J connectivity index is 0.00000242. The molecule has 0 N–H and O–H groups in total. The average Bonchev–Trinajstić information content (AvgIpc) is 2.48. The summed E-state index contributed by atoms with van der Waals surface area (Å²) in [6, 6.07) is 11.0. The summed E-state index contributed by atoms with van der Waals surface area (Å²) in [5.41, 5.74) is 1.52. The molecule has 0 aromatic heterocycles. The van der Waals surface area contributed by atoms with E-state index in [1.54, 1.807) is 0 Å². The normalized spacial score (nSPS) is 20.7. The Kier molecular flexibility index (Phi) is 8.21. The molecular formula is C18H30IN3. The van der Waals surface area contributed by atoms with Crippen molar-refractivity contribution in [3.8, 4) is 0 Å². The molecule has 0 unspecified atom stereocenters. The van der Waals surface area contributed by atoms with Gasteiger partial charge in [-0.25, -0.2) is 0 Å². The minimum Gasteiger partial charge on any atom is -0.349 e. The Morgan fingerprint density at radius 1 is 0.955 bits per heavy atom. The first-order valence-electron chi connectivity index (χ1n) is 8.02. The van der Waals surface area contributed by atoms with Crippen molar-refractivity contribution in [1.29, 1.82) is 0 Å². The van der Waals surface area contributed by atoms with Crippen LogP contribution in [-0.2, 0) is 0 Å². The quantitative estimate of drug-likeness (QED) is 0.421.